The van der Waals surface area contributed by atoms with Gasteiger partial charge in [0.1, 0.15) is 5.82 Å². The van der Waals surface area contributed by atoms with Crippen molar-refractivity contribution in [1.82, 2.24) is 14.8 Å². The molecule has 2 aromatic heterocycles. The Balaban J connectivity index is 2.45. The van der Waals surface area contributed by atoms with Gasteiger partial charge in [-0.3, -0.25) is 4.98 Å². The van der Waals surface area contributed by atoms with Crippen LogP contribution in [0, 0.1) is 6.92 Å². The molecule has 2 aromatic rings. The number of hydrogen-bond donors (Lipinski definition) is 2. The highest BCUT2D eigenvalue weighted by molar-refractivity contribution is 5.74. The van der Waals surface area contributed by atoms with Gasteiger partial charge in [-0.1, -0.05) is 0 Å². The molecule has 3 N–H and O–H groups in total. The number of nitrogens with zero attached hydrogens (tertiary/aromatic N) is 3. The smallest absolute Gasteiger partial charge is 0.434 e. The molecule has 0 unspecified atom stereocenters. The predicted molar refractivity (Wildman–Crippen MR) is 58.0 cm³/mol. The highest BCUT2D eigenvalue weighted by Gasteiger charge is 2.11. The zero-order valence-corrected chi connectivity index (χ0v) is 8.58. The zero-order valence-electron chi connectivity index (χ0n) is 8.58. The summed E-state index contributed by atoms with van der Waals surface area (Å²) in [6, 6.07) is 5.14. The largest absolute Gasteiger partial charge is 0.463 e. The Hall–Kier alpha value is -2.37. The van der Waals surface area contributed by atoms with E-state index in [0.29, 0.717) is 5.69 Å². The van der Waals surface area contributed by atoms with Crippen molar-refractivity contribution >= 4 is 11.9 Å². The first-order valence-corrected chi connectivity index (χ1v) is 4.60. The van der Waals surface area contributed by atoms with Crippen molar-refractivity contribution in [3.63, 3.8) is 0 Å². The van der Waals surface area contributed by atoms with E-state index >= 15 is 0 Å². The van der Waals surface area contributed by atoms with Gasteiger partial charge in [-0.05, 0) is 19.1 Å². The molecule has 0 spiro atoms. The molecule has 0 saturated carbocycles. The Kier molecular flexibility index (Phi) is 2.32. The molecule has 0 aliphatic rings. The van der Waals surface area contributed by atoms with Gasteiger partial charge in [0.05, 0.1) is 5.69 Å². The Morgan fingerprint density at radius 3 is 2.75 bits per heavy atom. The maximum absolute atomic E-state index is 10.7. The summed E-state index contributed by atoms with van der Waals surface area (Å²) in [6.45, 7) is 1.87. The van der Waals surface area contributed by atoms with E-state index in [9.17, 15) is 4.79 Å². The van der Waals surface area contributed by atoms with E-state index in [2.05, 4.69) is 10.1 Å². The average molecular weight is 218 g/mol. The number of carbonyl (C=O) groups is 1. The maximum Gasteiger partial charge on any atom is 0.434 e. The van der Waals surface area contributed by atoms with Gasteiger partial charge in [-0.15, -0.1) is 4.68 Å². The molecule has 0 aliphatic carbocycles. The first kappa shape index (κ1) is 10.2. The van der Waals surface area contributed by atoms with Gasteiger partial charge >= 0.3 is 6.09 Å². The summed E-state index contributed by atoms with van der Waals surface area (Å²) in [4.78, 5) is 14.8. The second kappa shape index (κ2) is 3.65. The molecule has 82 valence electrons. The summed E-state index contributed by atoms with van der Waals surface area (Å²) >= 11 is 0. The molecule has 6 nitrogen and oxygen atoms in total. The molecule has 0 atom stereocenters. The molecule has 0 bridgehead atoms. The van der Waals surface area contributed by atoms with Crippen LogP contribution in [0.5, 0.6) is 0 Å². The number of aryl methyl sites for hydroxylation is 1. The van der Waals surface area contributed by atoms with E-state index in [1.54, 1.807) is 6.20 Å². The van der Waals surface area contributed by atoms with Crippen LogP contribution in [0.1, 0.15) is 5.69 Å². The molecule has 0 amide bonds. The van der Waals surface area contributed by atoms with E-state index in [1.165, 1.54) is 6.07 Å². The van der Waals surface area contributed by atoms with E-state index in [4.69, 9.17) is 10.8 Å². The molecule has 16 heavy (non-hydrogen) atoms. The van der Waals surface area contributed by atoms with E-state index < -0.39 is 6.09 Å². The molecule has 0 radical (unpaired) electrons. The minimum atomic E-state index is -1.20. The number of nitrogens with two attached hydrogens (primary N) is 1. The molecule has 0 aliphatic heterocycles. The number of aromatic nitrogens is 3. The van der Waals surface area contributed by atoms with Gasteiger partial charge in [0.2, 0.25) is 0 Å². The summed E-state index contributed by atoms with van der Waals surface area (Å²) < 4.78 is 0.731. The van der Waals surface area contributed by atoms with Crippen molar-refractivity contribution in [1.29, 1.82) is 0 Å². The zero-order chi connectivity index (χ0) is 11.7. The Bertz CT molecular complexity index is 530. The summed E-state index contributed by atoms with van der Waals surface area (Å²) in [5.74, 6) is 0.0862. The fourth-order valence-corrected chi connectivity index (χ4v) is 1.31. The third-order valence-corrected chi connectivity index (χ3v) is 2.13. The van der Waals surface area contributed by atoms with Crippen LogP contribution in [-0.4, -0.2) is 26.0 Å². The van der Waals surface area contributed by atoms with Crippen molar-refractivity contribution < 1.29 is 9.90 Å². The van der Waals surface area contributed by atoms with Crippen LogP contribution in [0.25, 0.3) is 11.3 Å². The van der Waals surface area contributed by atoms with Gasteiger partial charge in [0, 0.05) is 23.5 Å². The lowest BCUT2D eigenvalue weighted by Crippen LogP contribution is -2.12. The first-order valence-electron chi connectivity index (χ1n) is 4.60. The number of anilines is 1. The van der Waals surface area contributed by atoms with Crippen LogP contribution in [0.2, 0.25) is 0 Å². The topological polar surface area (TPSA) is 94.0 Å². The van der Waals surface area contributed by atoms with Gasteiger partial charge in [0.15, 0.2) is 0 Å². The van der Waals surface area contributed by atoms with Crippen LogP contribution in [0.4, 0.5) is 10.6 Å². The molecule has 2 heterocycles. The van der Waals surface area contributed by atoms with Gasteiger partial charge in [-0.25, -0.2) is 4.79 Å². The normalized spacial score (nSPS) is 10.3. The monoisotopic (exact) mass is 218 g/mol. The SMILES string of the molecule is Cc1ccc(-c2cc(N)n(C(=O)O)n2)cn1. The molecule has 2 rings (SSSR count). The summed E-state index contributed by atoms with van der Waals surface area (Å²) in [6.07, 6.45) is 0.423. The van der Waals surface area contributed by atoms with Gasteiger partial charge in [0.25, 0.3) is 0 Å². The molecule has 0 aromatic carbocycles. The van der Waals surface area contributed by atoms with E-state index in [0.717, 1.165) is 15.9 Å². The Morgan fingerprint density at radius 1 is 1.50 bits per heavy atom. The minimum absolute atomic E-state index is 0.0862. The van der Waals surface area contributed by atoms with Crippen LogP contribution >= 0.6 is 0 Å². The van der Waals surface area contributed by atoms with E-state index in [1.807, 2.05) is 19.1 Å². The van der Waals surface area contributed by atoms with Crippen molar-refractivity contribution in [2.75, 3.05) is 5.73 Å². The quantitative estimate of drug-likeness (QED) is 0.753. The van der Waals surface area contributed by atoms with Crippen LogP contribution in [0.3, 0.4) is 0 Å². The summed E-state index contributed by atoms with van der Waals surface area (Å²) in [7, 11) is 0. The number of pyridine rings is 1. The van der Waals surface area contributed by atoms with Crippen molar-refractivity contribution in [2.24, 2.45) is 0 Å². The lowest BCUT2D eigenvalue weighted by Gasteiger charge is -1.96. The number of carboxylic acid groups (broad SMARTS) is 1. The standard InChI is InChI=1S/C10H10N4O2/c1-6-2-3-7(5-12-6)8-4-9(11)14(13-8)10(15)16/h2-5H,11H2,1H3,(H,15,16). The third kappa shape index (κ3) is 1.72. The highest BCUT2D eigenvalue weighted by Crippen LogP contribution is 2.19. The Morgan fingerprint density at radius 2 is 2.25 bits per heavy atom. The average Bonchev–Trinajstić information content (AvgIpc) is 2.61. The molecular formula is C10H10N4O2. The fraction of sp³-hybridized carbons (Fsp3) is 0.100. The summed E-state index contributed by atoms with van der Waals surface area (Å²) in [5, 5.41) is 12.6. The molecule has 0 fully saturated rings. The van der Waals surface area contributed by atoms with E-state index in [-0.39, 0.29) is 5.82 Å². The van der Waals surface area contributed by atoms with Crippen LogP contribution in [0.15, 0.2) is 24.4 Å². The second-order valence-corrected chi connectivity index (χ2v) is 3.34. The summed E-state index contributed by atoms with van der Waals surface area (Å²) in [5.41, 5.74) is 7.62. The third-order valence-electron chi connectivity index (χ3n) is 2.13. The number of nitrogen functional groups attached to an aromatic ring is 1. The Labute approximate surface area is 91.3 Å². The number of rotatable bonds is 1. The highest BCUT2D eigenvalue weighted by atomic mass is 16.4. The van der Waals surface area contributed by atoms with Gasteiger partial charge < -0.3 is 10.8 Å². The molecule has 0 saturated heterocycles. The molecular weight excluding hydrogens is 208 g/mol. The second-order valence-electron chi connectivity index (χ2n) is 3.34. The van der Waals surface area contributed by atoms with Crippen molar-refractivity contribution in [2.45, 2.75) is 6.92 Å². The predicted octanol–water partition coefficient (Wildman–Crippen LogP) is 1.36. The van der Waals surface area contributed by atoms with Crippen LogP contribution < -0.4 is 5.73 Å². The number of hydrogen-bond acceptors (Lipinski definition) is 4. The van der Waals surface area contributed by atoms with Gasteiger partial charge in [-0.2, -0.15) is 5.10 Å². The first-order chi connectivity index (χ1) is 7.58. The van der Waals surface area contributed by atoms with Crippen molar-refractivity contribution in [3.8, 4) is 11.3 Å². The molecule has 6 heteroatoms. The fourth-order valence-electron chi connectivity index (χ4n) is 1.31. The van der Waals surface area contributed by atoms with Crippen molar-refractivity contribution in [3.05, 3.63) is 30.1 Å². The van der Waals surface area contributed by atoms with Crippen LogP contribution in [-0.2, 0) is 0 Å². The minimum Gasteiger partial charge on any atom is -0.463 e. The lowest BCUT2D eigenvalue weighted by molar-refractivity contribution is 0.193. The maximum atomic E-state index is 10.7. The lowest BCUT2D eigenvalue weighted by atomic mass is 10.2.